The first-order valence-corrected chi connectivity index (χ1v) is 9.15. The second kappa shape index (κ2) is 10.5. The topological polar surface area (TPSA) is 129 Å². The molecular weight excluding hydrogens is 396 g/mol. The summed E-state index contributed by atoms with van der Waals surface area (Å²) in [7, 11) is 0. The lowest BCUT2D eigenvalue weighted by atomic mass is 10.1. The molecule has 0 aliphatic carbocycles. The average Bonchev–Trinajstić information content (AvgIpc) is 2.58. The predicted octanol–water partition coefficient (Wildman–Crippen LogP) is 2.96. The number of carbonyl (C=O) groups is 4. The Kier molecular flexibility index (Phi) is 8.63. The van der Waals surface area contributed by atoms with Gasteiger partial charge in [0.05, 0.1) is 11.1 Å². The van der Waals surface area contributed by atoms with Crippen LogP contribution in [0.3, 0.4) is 0 Å². The van der Waals surface area contributed by atoms with Crippen molar-refractivity contribution >= 4 is 24.1 Å². The lowest BCUT2D eigenvalue weighted by molar-refractivity contribution is 0.0326. The second-order valence-electron chi connectivity index (χ2n) is 8.09. The fraction of sp³-hybridized carbons (Fsp3) is 0.500. The number of esters is 2. The van der Waals surface area contributed by atoms with E-state index in [9.17, 15) is 19.2 Å². The van der Waals surface area contributed by atoms with Gasteiger partial charge in [-0.1, -0.05) is 6.07 Å². The average molecular weight is 424 g/mol. The van der Waals surface area contributed by atoms with Crippen LogP contribution in [-0.4, -0.2) is 48.8 Å². The van der Waals surface area contributed by atoms with E-state index in [-0.39, 0.29) is 11.1 Å². The maximum absolute atomic E-state index is 12.1. The fourth-order valence-corrected chi connectivity index (χ4v) is 1.89. The number of ether oxygens (including phenoxy) is 4. The van der Waals surface area contributed by atoms with Crippen LogP contribution in [0.4, 0.5) is 9.59 Å². The molecule has 166 valence electrons. The van der Waals surface area contributed by atoms with Crippen LogP contribution in [0.1, 0.15) is 62.3 Å². The minimum Gasteiger partial charge on any atom is -0.444 e. The molecule has 0 atom stereocenters. The summed E-state index contributed by atoms with van der Waals surface area (Å²) in [6.45, 7) is 9.40. The van der Waals surface area contributed by atoms with Gasteiger partial charge in [-0.05, 0) is 59.7 Å². The molecular formula is C20H28N2O8. The van der Waals surface area contributed by atoms with Crippen LogP contribution in [0.5, 0.6) is 0 Å². The zero-order chi connectivity index (χ0) is 22.9. The van der Waals surface area contributed by atoms with E-state index in [0.29, 0.717) is 0 Å². The Hall–Kier alpha value is -3.30. The molecule has 0 saturated heterocycles. The minimum absolute atomic E-state index is 0.0792. The third-order valence-electron chi connectivity index (χ3n) is 2.97. The van der Waals surface area contributed by atoms with Crippen molar-refractivity contribution in [3.8, 4) is 0 Å². The van der Waals surface area contributed by atoms with Crippen LogP contribution in [0.2, 0.25) is 0 Å². The van der Waals surface area contributed by atoms with Crippen LogP contribution in [0, 0.1) is 0 Å². The van der Waals surface area contributed by atoms with Gasteiger partial charge in [0.1, 0.15) is 11.2 Å². The maximum atomic E-state index is 12.1. The van der Waals surface area contributed by atoms with Gasteiger partial charge in [-0.2, -0.15) is 0 Å². The number of rotatable bonds is 6. The smallest absolute Gasteiger partial charge is 0.410 e. The van der Waals surface area contributed by atoms with Crippen LogP contribution in [0.15, 0.2) is 24.3 Å². The molecule has 0 fully saturated rings. The molecule has 0 aliphatic heterocycles. The zero-order valence-corrected chi connectivity index (χ0v) is 18.0. The molecule has 0 spiro atoms. The summed E-state index contributed by atoms with van der Waals surface area (Å²) in [5.41, 5.74) is -1.20. The fourth-order valence-electron chi connectivity index (χ4n) is 1.89. The number of alkyl carbamates (subject to hydrolysis) is 2. The Morgan fingerprint density at radius 2 is 1.10 bits per heavy atom. The number of amides is 2. The van der Waals surface area contributed by atoms with Crippen LogP contribution in [0.25, 0.3) is 0 Å². The number of hydrogen-bond acceptors (Lipinski definition) is 8. The van der Waals surface area contributed by atoms with Crippen molar-refractivity contribution in [2.45, 2.75) is 52.7 Å². The highest BCUT2D eigenvalue weighted by molar-refractivity contribution is 5.95. The first kappa shape index (κ1) is 24.7. The van der Waals surface area contributed by atoms with E-state index in [4.69, 9.17) is 18.9 Å². The van der Waals surface area contributed by atoms with Gasteiger partial charge in [-0.25, -0.2) is 19.2 Å². The second-order valence-corrected chi connectivity index (χ2v) is 8.09. The molecule has 2 N–H and O–H groups in total. The van der Waals surface area contributed by atoms with Crippen molar-refractivity contribution < 1.29 is 38.1 Å². The lowest BCUT2D eigenvalue weighted by Crippen LogP contribution is -2.34. The van der Waals surface area contributed by atoms with Crippen molar-refractivity contribution in [3.63, 3.8) is 0 Å². The highest BCUT2D eigenvalue weighted by atomic mass is 16.6. The molecule has 1 aromatic carbocycles. The largest absolute Gasteiger partial charge is 0.444 e. The van der Waals surface area contributed by atoms with Gasteiger partial charge in [-0.3, -0.25) is 10.6 Å². The number of nitrogens with one attached hydrogen (secondary N) is 2. The summed E-state index contributed by atoms with van der Waals surface area (Å²) in [6.07, 6.45) is -1.46. The molecule has 0 radical (unpaired) electrons. The molecule has 0 aliphatic rings. The van der Waals surface area contributed by atoms with Crippen molar-refractivity contribution in [1.29, 1.82) is 0 Å². The van der Waals surface area contributed by atoms with Gasteiger partial charge in [0.15, 0.2) is 13.5 Å². The molecule has 0 aromatic heterocycles. The first-order valence-electron chi connectivity index (χ1n) is 9.15. The highest BCUT2D eigenvalue weighted by Crippen LogP contribution is 2.10. The third kappa shape index (κ3) is 10.3. The van der Waals surface area contributed by atoms with E-state index < -0.39 is 48.8 Å². The molecule has 30 heavy (non-hydrogen) atoms. The van der Waals surface area contributed by atoms with Crippen LogP contribution >= 0.6 is 0 Å². The molecule has 0 heterocycles. The Morgan fingerprint density at radius 3 is 1.43 bits per heavy atom. The van der Waals surface area contributed by atoms with Crippen molar-refractivity contribution in [2.75, 3.05) is 13.5 Å². The van der Waals surface area contributed by atoms with Crippen molar-refractivity contribution in [1.82, 2.24) is 10.6 Å². The molecule has 1 rings (SSSR count). The van der Waals surface area contributed by atoms with E-state index >= 15 is 0 Å². The maximum Gasteiger partial charge on any atom is 0.410 e. The van der Waals surface area contributed by atoms with Gasteiger partial charge >= 0.3 is 24.1 Å². The van der Waals surface area contributed by atoms with Crippen molar-refractivity contribution in [3.05, 3.63) is 35.4 Å². The summed E-state index contributed by atoms with van der Waals surface area (Å²) in [6, 6.07) is 5.61. The molecule has 1 aromatic rings. The monoisotopic (exact) mass is 424 g/mol. The summed E-state index contributed by atoms with van der Waals surface area (Å²) < 4.78 is 19.9. The van der Waals surface area contributed by atoms with Crippen LogP contribution in [-0.2, 0) is 18.9 Å². The van der Waals surface area contributed by atoms with E-state index in [0.717, 1.165) is 0 Å². The highest BCUT2D eigenvalue weighted by Gasteiger charge is 2.18. The van der Waals surface area contributed by atoms with Crippen molar-refractivity contribution in [2.24, 2.45) is 0 Å². The summed E-state index contributed by atoms with van der Waals surface area (Å²) in [5, 5.41) is 4.57. The molecule has 2 amide bonds. The Labute approximate surface area is 175 Å². The van der Waals surface area contributed by atoms with E-state index in [1.54, 1.807) is 41.5 Å². The normalized spacial score (nSPS) is 11.1. The summed E-state index contributed by atoms with van der Waals surface area (Å²) in [4.78, 5) is 47.2. The summed E-state index contributed by atoms with van der Waals surface area (Å²) >= 11 is 0. The van der Waals surface area contributed by atoms with Gasteiger partial charge in [0, 0.05) is 0 Å². The molecule has 10 nitrogen and oxygen atoms in total. The van der Waals surface area contributed by atoms with E-state index in [1.165, 1.54) is 24.3 Å². The number of carbonyl (C=O) groups excluding carboxylic acids is 4. The van der Waals surface area contributed by atoms with Crippen LogP contribution < -0.4 is 10.6 Å². The van der Waals surface area contributed by atoms with Gasteiger partial charge in [0.25, 0.3) is 0 Å². The zero-order valence-electron chi connectivity index (χ0n) is 18.0. The summed E-state index contributed by atoms with van der Waals surface area (Å²) in [5.74, 6) is -1.51. The van der Waals surface area contributed by atoms with Gasteiger partial charge < -0.3 is 18.9 Å². The van der Waals surface area contributed by atoms with Gasteiger partial charge in [-0.15, -0.1) is 0 Å². The minimum atomic E-state index is -0.757. The number of hydrogen-bond donors (Lipinski definition) is 2. The number of benzene rings is 1. The van der Waals surface area contributed by atoms with Gasteiger partial charge in [0.2, 0.25) is 0 Å². The quantitative estimate of drug-likeness (QED) is 0.405. The molecule has 0 saturated carbocycles. The van der Waals surface area contributed by atoms with E-state index in [1.807, 2.05) is 0 Å². The molecule has 0 unspecified atom stereocenters. The lowest BCUT2D eigenvalue weighted by Gasteiger charge is -2.19. The molecule has 0 bridgehead atoms. The Bertz CT molecular complexity index is 716. The Balaban J connectivity index is 2.51. The predicted molar refractivity (Wildman–Crippen MR) is 106 cm³/mol. The Morgan fingerprint density at radius 1 is 0.733 bits per heavy atom. The SMILES string of the molecule is CC(C)(C)OC(=O)NCOC(=O)c1cccc(C(=O)OCNC(=O)OC(C)(C)C)c1. The standard InChI is InChI=1S/C20H28N2O8/c1-19(2,3)29-17(25)21-11-27-15(23)13-8-7-9-14(10-13)16(24)28-12-22-18(26)30-20(4,5)6/h7-10H,11-12H2,1-6H3,(H,21,25)(H,22,26). The molecule has 10 heteroatoms. The van der Waals surface area contributed by atoms with E-state index in [2.05, 4.69) is 10.6 Å². The first-order chi connectivity index (χ1) is 13.8. The third-order valence-corrected chi connectivity index (χ3v) is 2.97.